The molecule has 3 rings (SSSR count). The topological polar surface area (TPSA) is 134 Å². The van der Waals surface area contributed by atoms with E-state index >= 15 is 0 Å². The van der Waals surface area contributed by atoms with Gasteiger partial charge in [0.1, 0.15) is 17.4 Å². The number of hydrogen-bond donors (Lipinski definition) is 4. The third-order valence-electron chi connectivity index (χ3n) is 7.48. The van der Waals surface area contributed by atoms with Gasteiger partial charge >= 0.3 is 0 Å². The lowest BCUT2D eigenvalue weighted by molar-refractivity contribution is -0.135. The minimum Gasteiger partial charge on any atom is -0.497 e. The van der Waals surface area contributed by atoms with E-state index in [1.807, 2.05) is 38.1 Å². The smallest absolute Gasteiger partial charge is 0.226 e. The van der Waals surface area contributed by atoms with Crippen LogP contribution in [0.5, 0.6) is 5.75 Å². The molecule has 0 unspecified atom stereocenters. The second kappa shape index (κ2) is 15.6. The number of halogens is 2. The summed E-state index contributed by atoms with van der Waals surface area (Å²) in [5.74, 6) is -4.25. The summed E-state index contributed by atoms with van der Waals surface area (Å²) in [6.07, 6.45) is 0.163. The first-order valence-electron chi connectivity index (χ1n) is 14.4. The van der Waals surface area contributed by atoms with Crippen LogP contribution < -0.4 is 21.1 Å². The number of aliphatic hydroxyl groups excluding tert-OH is 1. The Labute approximate surface area is 245 Å². The van der Waals surface area contributed by atoms with Crippen molar-refractivity contribution in [3.8, 4) is 5.75 Å². The number of methoxy groups -OCH3 is 1. The molecule has 0 aliphatic heterocycles. The van der Waals surface area contributed by atoms with E-state index in [1.54, 1.807) is 12.0 Å². The molecule has 1 fully saturated rings. The first kappa shape index (κ1) is 32.9. The van der Waals surface area contributed by atoms with Crippen LogP contribution in [-0.2, 0) is 27.3 Å². The number of rotatable bonds is 17. The molecule has 1 aliphatic carbocycles. The number of nitrogens with two attached hydrogens (primary N) is 1. The van der Waals surface area contributed by atoms with Crippen molar-refractivity contribution in [2.45, 2.75) is 58.2 Å². The van der Waals surface area contributed by atoms with Crippen molar-refractivity contribution in [2.75, 3.05) is 26.7 Å². The van der Waals surface area contributed by atoms with E-state index in [0.29, 0.717) is 25.4 Å². The van der Waals surface area contributed by atoms with Crippen LogP contribution in [0.15, 0.2) is 42.5 Å². The molecule has 3 amide bonds. The first-order valence-corrected chi connectivity index (χ1v) is 14.4. The van der Waals surface area contributed by atoms with Crippen LogP contribution in [0.25, 0.3) is 0 Å². The van der Waals surface area contributed by atoms with Gasteiger partial charge in [-0.15, -0.1) is 0 Å². The van der Waals surface area contributed by atoms with Crippen LogP contribution in [0.1, 0.15) is 44.2 Å². The summed E-state index contributed by atoms with van der Waals surface area (Å²) in [4.78, 5) is 40.3. The molecular weight excluding hydrogens is 546 g/mol. The van der Waals surface area contributed by atoms with Gasteiger partial charge < -0.3 is 31.1 Å². The van der Waals surface area contributed by atoms with Crippen LogP contribution in [0, 0.1) is 29.4 Å². The number of carbonyl (C=O) groups excluding carboxylic acids is 3. The normalized spacial score (nSPS) is 19.0. The minimum atomic E-state index is -1.15. The molecule has 0 aromatic heterocycles. The van der Waals surface area contributed by atoms with E-state index in [9.17, 15) is 28.3 Å². The molecule has 2 aromatic rings. The second-order valence-electron chi connectivity index (χ2n) is 10.9. The average Bonchev–Trinajstić information content (AvgIpc) is 3.64. The summed E-state index contributed by atoms with van der Waals surface area (Å²) < 4.78 is 33.1. The first-order chi connectivity index (χ1) is 20.1. The Hall–Kier alpha value is -3.57. The molecular formula is C31H42F2N4O5. The van der Waals surface area contributed by atoms with Gasteiger partial charge in [0, 0.05) is 38.7 Å². The molecule has 230 valence electrons. The zero-order valence-corrected chi connectivity index (χ0v) is 24.4. The molecule has 42 heavy (non-hydrogen) atoms. The van der Waals surface area contributed by atoms with E-state index in [1.165, 1.54) is 0 Å². The average molecular weight is 589 g/mol. The second-order valence-corrected chi connectivity index (χ2v) is 10.9. The molecule has 0 bridgehead atoms. The predicted molar refractivity (Wildman–Crippen MR) is 154 cm³/mol. The number of aliphatic hydroxyl groups is 1. The third kappa shape index (κ3) is 9.22. The van der Waals surface area contributed by atoms with Gasteiger partial charge in [0.15, 0.2) is 0 Å². The number of nitrogens with one attached hydrogen (secondary N) is 2. The number of carbonyl (C=O) groups is 3. The molecule has 5 N–H and O–H groups in total. The van der Waals surface area contributed by atoms with Gasteiger partial charge in [0.25, 0.3) is 0 Å². The van der Waals surface area contributed by atoms with Gasteiger partial charge in [-0.3, -0.25) is 14.4 Å². The van der Waals surface area contributed by atoms with E-state index < -0.39 is 53.3 Å². The van der Waals surface area contributed by atoms with Gasteiger partial charge in [-0.25, -0.2) is 8.78 Å². The lowest BCUT2D eigenvalue weighted by atomic mass is 10.00. The van der Waals surface area contributed by atoms with Crippen LogP contribution in [-0.4, -0.2) is 66.6 Å². The molecule has 0 heterocycles. The molecule has 1 aliphatic rings. The summed E-state index contributed by atoms with van der Waals surface area (Å²) >= 11 is 0. The fourth-order valence-electron chi connectivity index (χ4n) is 5.47. The molecule has 1 saturated carbocycles. The molecule has 0 spiro atoms. The summed E-state index contributed by atoms with van der Waals surface area (Å²) in [6.45, 7) is 5.43. The highest BCUT2D eigenvalue weighted by Gasteiger charge is 2.60. The van der Waals surface area contributed by atoms with Crippen molar-refractivity contribution in [3.63, 3.8) is 0 Å². The Bertz CT molecular complexity index is 1200. The number of ether oxygens (including phenoxy) is 1. The van der Waals surface area contributed by atoms with Crippen LogP contribution in [0.4, 0.5) is 8.78 Å². The van der Waals surface area contributed by atoms with Gasteiger partial charge in [0.2, 0.25) is 17.7 Å². The SMILES string of the molecule is CCCN(CCC)C(=O)[C@@H]1[C@H](CC(N)=O)[C@H]1C(=O)N[C@@H](Cc1cc(F)cc(F)c1)[C@H](O)CNCc1cccc(OC)c1. The van der Waals surface area contributed by atoms with Gasteiger partial charge in [-0.1, -0.05) is 26.0 Å². The van der Waals surface area contributed by atoms with Gasteiger partial charge in [0.05, 0.1) is 31.1 Å². The van der Waals surface area contributed by atoms with Crippen molar-refractivity contribution in [1.29, 1.82) is 0 Å². The number of amides is 3. The van der Waals surface area contributed by atoms with Crippen molar-refractivity contribution >= 4 is 17.7 Å². The third-order valence-corrected chi connectivity index (χ3v) is 7.48. The zero-order valence-electron chi connectivity index (χ0n) is 24.4. The van der Waals surface area contributed by atoms with Crippen LogP contribution in [0.3, 0.4) is 0 Å². The lowest BCUT2D eigenvalue weighted by Crippen LogP contribution is -2.49. The van der Waals surface area contributed by atoms with E-state index in [2.05, 4.69) is 10.6 Å². The number of benzene rings is 2. The number of primary amides is 1. The maximum atomic E-state index is 13.9. The highest BCUT2D eigenvalue weighted by molar-refractivity contribution is 5.94. The monoisotopic (exact) mass is 588 g/mol. The van der Waals surface area contributed by atoms with Crippen molar-refractivity contribution in [2.24, 2.45) is 23.5 Å². The molecule has 9 nitrogen and oxygen atoms in total. The number of hydrogen-bond acceptors (Lipinski definition) is 6. The Morgan fingerprint density at radius 3 is 2.29 bits per heavy atom. The van der Waals surface area contributed by atoms with Crippen LogP contribution >= 0.6 is 0 Å². The Morgan fingerprint density at radius 2 is 1.69 bits per heavy atom. The molecule has 2 aromatic carbocycles. The molecule has 5 atom stereocenters. The Balaban J connectivity index is 1.76. The van der Waals surface area contributed by atoms with Crippen molar-refractivity contribution in [1.82, 2.24) is 15.5 Å². The highest BCUT2D eigenvalue weighted by Crippen LogP contribution is 2.50. The zero-order chi connectivity index (χ0) is 30.8. The minimum absolute atomic E-state index is 0.0540. The van der Waals surface area contributed by atoms with Crippen LogP contribution in [0.2, 0.25) is 0 Å². The van der Waals surface area contributed by atoms with Gasteiger partial charge in [-0.05, 0) is 60.6 Å². The molecule has 0 saturated heterocycles. The fraction of sp³-hybridized carbons (Fsp3) is 0.516. The van der Waals surface area contributed by atoms with E-state index in [0.717, 1.165) is 36.6 Å². The number of nitrogens with zero attached hydrogens (tertiary/aromatic N) is 1. The maximum Gasteiger partial charge on any atom is 0.226 e. The van der Waals surface area contributed by atoms with Gasteiger partial charge in [-0.2, -0.15) is 0 Å². The highest BCUT2D eigenvalue weighted by atomic mass is 19.1. The quantitative estimate of drug-likeness (QED) is 0.225. The molecule has 0 radical (unpaired) electrons. The summed E-state index contributed by atoms with van der Waals surface area (Å²) in [6, 6.07) is 9.48. The summed E-state index contributed by atoms with van der Waals surface area (Å²) in [5.41, 5.74) is 6.59. The predicted octanol–water partition coefficient (Wildman–Crippen LogP) is 2.54. The Morgan fingerprint density at radius 1 is 1.02 bits per heavy atom. The Kier molecular flexibility index (Phi) is 12.2. The van der Waals surface area contributed by atoms with Crippen molar-refractivity contribution in [3.05, 3.63) is 65.2 Å². The van der Waals surface area contributed by atoms with E-state index in [4.69, 9.17) is 10.5 Å². The lowest BCUT2D eigenvalue weighted by Gasteiger charge is -2.25. The summed E-state index contributed by atoms with van der Waals surface area (Å²) in [7, 11) is 1.57. The fourth-order valence-corrected chi connectivity index (χ4v) is 5.47. The summed E-state index contributed by atoms with van der Waals surface area (Å²) in [5, 5.41) is 17.1. The van der Waals surface area contributed by atoms with E-state index in [-0.39, 0.29) is 30.9 Å². The largest absolute Gasteiger partial charge is 0.497 e. The van der Waals surface area contributed by atoms with Crippen molar-refractivity contribution < 1.29 is 33.0 Å². The molecule has 11 heteroatoms. The standard InChI is InChI=1S/C31H42F2N4O5/c1-4-9-37(10-5-2)31(41)29-24(16-27(34)39)28(29)30(40)36-25(14-20-11-21(32)15-22(33)12-20)26(38)18-35-17-19-7-6-8-23(13-19)42-3/h6-8,11-13,15,24-26,28-29,35,38H,4-5,9-10,14,16-18H2,1-3H3,(H2,34,39)(H,36,40)/t24-,25+,26-,28-,29-/m1/s1. The maximum absolute atomic E-state index is 13.9.